The van der Waals surface area contributed by atoms with Crippen LogP contribution in [-0.4, -0.2) is 38.6 Å². The summed E-state index contributed by atoms with van der Waals surface area (Å²) in [5.74, 6) is -0.109. The van der Waals surface area contributed by atoms with E-state index in [-0.39, 0.29) is 23.7 Å². The molecule has 4 N–H and O–H groups in total. The number of amides is 2. The van der Waals surface area contributed by atoms with Gasteiger partial charge in [-0.25, -0.2) is 0 Å². The van der Waals surface area contributed by atoms with Crippen molar-refractivity contribution in [2.75, 3.05) is 32.1 Å². The predicted molar refractivity (Wildman–Crippen MR) is 94.2 cm³/mol. The van der Waals surface area contributed by atoms with E-state index in [1.54, 1.807) is 25.3 Å². The number of anilines is 1. The molecule has 0 bridgehead atoms. The SMILES string of the molecule is COCCNC(=O)c1ccc(NC(=O)[C@@H]2CCC[C@@H]2CN)cc1Cl. The Morgan fingerprint density at radius 1 is 1.38 bits per heavy atom. The molecule has 6 nitrogen and oxygen atoms in total. The smallest absolute Gasteiger partial charge is 0.252 e. The van der Waals surface area contributed by atoms with Crippen LogP contribution in [0.2, 0.25) is 5.02 Å². The van der Waals surface area contributed by atoms with E-state index in [0.717, 1.165) is 19.3 Å². The van der Waals surface area contributed by atoms with E-state index in [2.05, 4.69) is 10.6 Å². The molecule has 0 saturated heterocycles. The highest BCUT2D eigenvalue weighted by Gasteiger charge is 2.31. The first kappa shape index (κ1) is 18.7. The third kappa shape index (κ3) is 4.69. The van der Waals surface area contributed by atoms with Crippen LogP contribution in [0.1, 0.15) is 29.6 Å². The highest BCUT2D eigenvalue weighted by molar-refractivity contribution is 6.34. The van der Waals surface area contributed by atoms with Gasteiger partial charge in [0.15, 0.2) is 0 Å². The van der Waals surface area contributed by atoms with Crippen LogP contribution in [0.4, 0.5) is 5.69 Å². The highest BCUT2D eigenvalue weighted by atomic mass is 35.5. The first-order chi connectivity index (χ1) is 11.6. The second-order valence-electron chi connectivity index (χ2n) is 5.97. The van der Waals surface area contributed by atoms with Crippen LogP contribution in [0.25, 0.3) is 0 Å². The number of carbonyl (C=O) groups excluding carboxylic acids is 2. The highest BCUT2D eigenvalue weighted by Crippen LogP contribution is 2.32. The minimum Gasteiger partial charge on any atom is -0.383 e. The van der Waals surface area contributed by atoms with E-state index in [0.29, 0.717) is 36.0 Å². The molecule has 2 rings (SSSR count). The Morgan fingerprint density at radius 3 is 2.83 bits per heavy atom. The summed E-state index contributed by atoms with van der Waals surface area (Å²) in [4.78, 5) is 24.4. The van der Waals surface area contributed by atoms with Crippen LogP contribution >= 0.6 is 11.6 Å². The molecule has 24 heavy (non-hydrogen) atoms. The van der Waals surface area contributed by atoms with Crippen molar-refractivity contribution in [2.24, 2.45) is 17.6 Å². The second-order valence-corrected chi connectivity index (χ2v) is 6.37. The molecule has 2 amide bonds. The van der Waals surface area contributed by atoms with Crippen LogP contribution < -0.4 is 16.4 Å². The van der Waals surface area contributed by atoms with Crippen molar-refractivity contribution in [3.05, 3.63) is 28.8 Å². The zero-order valence-electron chi connectivity index (χ0n) is 13.8. The quantitative estimate of drug-likeness (QED) is 0.654. The van der Waals surface area contributed by atoms with E-state index < -0.39 is 0 Å². The molecule has 0 aromatic heterocycles. The van der Waals surface area contributed by atoms with Gasteiger partial charge in [0.1, 0.15) is 0 Å². The summed E-state index contributed by atoms with van der Waals surface area (Å²) in [5, 5.41) is 5.88. The molecule has 1 aromatic rings. The maximum absolute atomic E-state index is 12.4. The number of carbonyl (C=O) groups is 2. The summed E-state index contributed by atoms with van der Waals surface area (Å²) in [6, 6.07) is 4.88. The van der Waals surface area contributed by atoms with Crippen molar-refractivity contribution in [2.45, 2.75) is 19.3 Å². The molecule has 132 valence electrons. The van der Waals surface area contributed by atoms with E-state index in [4.69, 9.17) is 22.1 Å². The molecule has 2 atom stereocenters. The normalized spacial score (nSPS) is 20.0. The van der Waals surface area contributed by atoms with Crippen molar-refractivity contribution >= 4 is 29.1 Å². The van der Waals surface area contributed by atoms with Crippen LogP contribution in [0, 0.1) is 11.8 Å². The predicted octanol–water partition coefficient (Wildman–Crippen LogP) is 2.03. The van der Waals surface area contributed by atoms with Crippen molar-refractivity contribution in [1.29, 1.82) is 0 Å². The fourth-order valence-electron chi connectivity index (χ4n) is 3.04. The van der Waals surface area contributed by atoms with Crippen LogP contribution in [0.5, 0.6) is 0 Å². The van der Waals surface area contributed by atoms with E-state index in [1.807, 2.05) is 0 Å². The summed E-state index contributed by atoms with van der Waals surface area (Å²) in [7, 11) is 1.57. The number of halogens is 1. The topological polar surface area (TPSA) is 93.5 Å². The monoisotopic (exact) mass is 353 g/mol. The van der Waals surface area contributed by atoms with Gasteiger partial charge in [-0.15, -0.1) is 0 Å². The maximum atomic E-state index is 12.4. The summed E-state index contributed by atoms with van der Waals surface area (Å²) < 4.78 is 4.88. The Hall–Kier alpha value is -1.63. The minimum atomic E-state index is -0.270. The Labute approximate surface area is 147 Å². The minimum absolute atomic E-state index is 0.0312. The molecule has 0 spiro atoms. The third-order valence-corrected chi connectivity index (χ3v) is 4.68. The number of benzene rings is 1. The molecule has 7 heteroatoms. The van der Waals surface area contributed by atoms with Crippen LogP contribution in [0.15, 0.2) is 18.2 Å². The fourth-order valence-corrected chi connectivity index (χ4v) is 3.30. The maximum Gasteiger partial charge on any atom is 0.252 e. The molecule has 1 aliphatic carbocycles. The van der Waals surface area contributed by atoms with Gasteiger partial charge in [0.2, 0.25) is 5.91 Å². The Morgan fingerprint density at radius 2 is 2.17 bits per heavy atom. The van der Waals surface area contributed by atoms with Gasteiger partial charge in [0.25, 0.3) is 5.91 Å². The van der Waals surface area contributed by atoms with Crippen molar-refractivity contribution in [3.8, 4) is 0 Å². The van der Waals surface area contributed by atoms with Gasteiger partial charge in [-0.3, -0.25) is 9.59 Å². The molecule has 1 aromatic carbocycles. The summed E-state index contributed by atoms with van der Waals surface area (Å²) in [6.07, 6.45) is 2.89. The summed E-state index contributed by atoms with van der Waals surface area (Å²) >= 11 is 6.17. The number of ether oxygens (including phenoxy) is 1. The fraction of sp³-hybridized carbons (Fsp3) is 0.529. The molecule has 0 heterocycles. The summed E-state index contributed by atoms with van der Waals surface area (Å²) in [6.45, 7) is 1.37. The summed E-state index contributed by atoms with van der Waals surface area (Å²) in [5.41, 5.74) is 6.68. The molecule has 0 unspecified atom stereocenters. The molecule has 0 aliphatic heterocycles. The molecule has 1 fully saturated rings. The van der Waals surface area contributed by atoms with Crippen LogP contribution in [0.3, 0.4) is 0 Å². The number of hydrogen-bond acceptors (Lipinski definition) is 4. The van der Waals surface area contributed by atoms with Crippen molar-refractivity contribution in [3.63, 3.8) is 0 Å². The number of methoxy groups -OCH3 is 1. The second kappa shape index (κ2) is 9.01. The first-order valence-electron chi connectivity index (χ1n) is 8.14. The molecular weight excluding hydrogens is 330 g/mol. The largest absolute Gasteiger partial charge is 0.383 e. The number of nitrogens with two attached hydrogens (primary N) is 1. The third-order valence-electron chi connectivity index (χ3n) is 4.37. The Balaban J connectivity index is 1.99. The molecule has 0 radical (unpaired) electrons. The van der Waals surface area contributed by atoms with Crippen LogP contribution in [-0.2, 0) is 9.53 Å². The number of hydrogen-bond donors (Lipinski definition) is 3. The zero-order valence-corrected chi connectivity index (χ0v) is 14.6. The molecule has 1 saturated carbocycles. The van der Waals surface area contributed by atoms with Gasteiger partial charge >= 0.3 is 0 Å². The van der Waals surface area contributed by atoms with Gasteiger partial charge in [-0.05, 0) is 43.5 Å². The van der Waals surface area contributed by atoms with E-state index in [9.17, 15) is 9.59 Å². The lowest BCUT2D eigenvalue weighted by molar-refractivity contribution is -0.120. The average Bonchev–Trinajstić information content (AvgIpc) is 3.03. The van der Waals surface area contributed by atoms with E-state index >= 15 is 0 Å². The lowest BCUT2D eigenvalue weighted by atomic mass is 9.95. The van der Waals surface area contributed by atoms with E-state index in [1.165, 1.54) is 0 Å². The van der Waals surface area contributed by atoms with Gasteiger partial charge in [-0.2, -0.15) is 0 Å². The zero-order chi connectivity index (χ0) is 17.5. The molecular formula is C17H24ClN3O3. The lowest BCUT2D eigenvalue weighted by Gasteiger charge is -2.17. The van der Waals surface area contributed by atoms with Gasteiger partial charge in [0.05, 0.1) is 17.2 Å². The first-order valence-corrected chi connectivity index (χ1v) is 8.52. The standard InChI is InChI=1S/C17H24ClN3O3/c1-24-8-7-20-16(22)14-6-5-12(9-15(14)18)21-17(23)13-4-2-3-11(13)10-19/h5-6,9,11,13H,2-4,7-8,10,19H2,1H3,(H,20,22)(H,21,23)/t11-,13-/m1/s1. The molecule has 1 aliphatic rings. The number of nitrogens with one attached hydrogen (secondary N) is 2. The van der Waals surface area contributed by atoms with Crippen molar-refractivity contribution in [1.82, 2.24) is 5.32 Å². The number of rotatable bonds is 7. The Bertz CT molecular complexity index is 594. The van der Waals surface area contributed by atoms with Crippen molar-refractivity contribution < 1.29 is 14.3 Å². The average molecular weight is 354 g/mol. The van der Waals surface area contributed by atoms with Gasteiger partial charge < -0.3 is 21.1 Å². The van der Waals surface area contributed by atoms with Gasteiger partial charge in [0, 0.05) is 25.3 Å². The Kier molecular flexibility index (Phi) is 7.02. The van der Waals surface area contributed by atoms with Gasteiger partial charge in [-0.1, -0.05) is 18.0 Å². The lowest BCUT2D eigenvalue weighted by Crippen LogP contribution is -2.30.